The monoisotopic (exact) mass is 436 g/mol. The van der Waals surface area contributed by atoms with E-state index in [0.29, 0.717) is 49.0 Å². The molecule has 0 aromatic heterocycles. The molecule has 0 aromatic rings. The molecule has 7 unspecified atom stereocenters. The molecule has 4 heterocycles. The quantitative estimate of drug-likeness (QED) is 0.584. The van der Waals surface area contributed by atoms with E-state index in [-0.39, 0.29) is 12.3 Å². The number of hydrogen-bond donors (Lipinski definition) is 3. The zero-order valence-corrected chi connectivity index (χ0v) is 19.6. The molecule has 0 aromatic carbocycles. The van der Waals surface area contributed by atoms with E-state index in [0.717, 1.165) is 38.8 Å². The van der Waals surface area contributed by atoms with Crippen molar-refractivity contribution in [2.24, 2.45) is 5.92 Å². The first-order valence-electron chi connectivity index (χ1n) is 13.1. The highest BCUT2D eigenvalue weighted by molar-refractivity contribution is 5.04. The first-order valence-corrected chi connectivity index (χ1v) is 13.1. The van der Waals surface area contributed by atoms with E-state index in [2.05, 4.69) is 34.9 Å². The standard InChI is InChI=1S/C24H44N4O3/c1-16-11-12-25-15-30-17(2)20-6-5-7-21(26-20)24-19-14-18(31-16)9-10-22(19)28(27-24)23-8-3-4-13-29-23/h16-27H,3-15H2,1-2H3/t16-,17-,18?,19?,20?,21?,22?,23?,24?/m1/s1. The van der Waals surface area contributed by atoms with Crippen molar-refractivity contribution in [3.05, 3.63) is 0 Å². The van der Waals surface area contributed by atoms with Gasteiger partial charge in [-0.2, -0.15) is 0 Å². The van der Waals surface area contributed by atoms with Gasteiger partial charge in [0.15, 0.2) is 0 Å². The lowest BCUT2D eigenvalue weighted by molar-refractivity contribution is -0.124. The molecule has 0 amide bonds. The van der Waals surface area contributed by atoms with Gasteiger partial charge in [-0.15, -0.1) is 0 Å². The molecule has 1 aliphatic carbocycles. The fourth-order valence-corrected chi connectivity index (χ4v) is 6.73. The Labute approximate surface area is 188 Å². The lowest BCUT2D eigenvalue weighted by Gasteiger charge is -2.41. The van der Waals surface area contributed by atoms with Gasteiger partial charge >= 0.3 is 0 Å². The molecule has 0 spiro atoms. The predicted octanol–water partition coefficient (Wildman–Crippen LogP) is 2.51. The van der Waals surface area contributed by atoms with Crippen molar-refractivity contribution < 1.29 is 14.2 Å². The van der Waals surface area contributed by atoms with Gasteiger partial charge in [0.25, 0.3) is 0 Å². The highest BCUT2D eigenvalue weighted by Crippen LogP contribution is 2.41. The van der Waals surface area contributed by atoms with Crippen LogP contribution in [0.3, 0.4) is 0 Å². The number of rotatable bonds is 1. The summed E-state index contributed by atoms with van der Waals surface area (Å²) in [5.41, 5.74) is 4.00. The van der Waals surface area contributed by atoms with Crippen LogP contribution in [0, 0.1) is 5.92 Å². The summed E-state index contributed by atoms with van der Waals surface area (Å²) in [4.78, 5) is 0. The van der Waals surface area contributed by atoms with Gasteiger partial charge in [-0.05, 0) is 84.1 Å². The number of hydrazine groups is 1. The van der Waals surface area contributed by atoms with Gasteiger partial charge in [-0.1, -0.05) is 6.42 Å². The molecular weight excluding hydrogens is 392 g/mol. The van der Waals surface area contributed by atoms with E-state index in [4.69, 9.17) is 14.2 Å². The second kappa shape index (κ2) is 10.3. The van der Waals surface area contributed by atoms with Crippen molar-refractivity contribution in [2.75, 3.05) is 19.9 Å². The SMILES string of the molecule is C[C@@H]1CCNCO[C@H](C)C2CCCC(N2)C2NN(C3CCCCO3)C3CCC(CC23)O1. The normalized spacial score (nSPS) is 48.0. The fourth-order valence-electron chi connectivity index (χ4n) is 6.73. The summed E-state index contributed by atoms with van der Waals surface area (Å²) in [6, 6.07) is 1.94. The fraction of sp³-hybridized carbons (Fsp3) is 1.00. The Bertz CT molecular complexity index is 575. The Morgan fingerprint density at radius 1 is 0.871 bits per heavy atom. The molecule has 9 atom stereocenters. The summed E-state index contributed by atoms with van der Waals surface area (Å²) >= 11 is 0. The maximum Gasteiger partial charge on any atom is 0.123 e. The Hall–Kier alpha value is -0.280. The maximum atomic E-state index is 6.55. The van der Waals surface area contributed by atoms with Crippen LogP contribution >= 0.6 is 0 Å². The van der Waals surface area contributed by atoms with Gasteiger partial charge in [0.1, 0.15) is 6.23 Å². The van der Waals surface area contributed by atoms with Crippen molar-refractivity contribution in [2.45, 2.75) is 127 Å². The number of ether oxygens (including phenoxy) is 3. The molecule has 178 valence electrons. The third kappa shape index (κ3) is 5.13. The van der Waals surface area contributed by atoms with Crippen LogP contribution in [0.15, 0.2) is 0 Å². The van der Waals surface area contributed by atoms with E-state index in [9.17, 15) is 0 Å². The van der Waals surface area contributed by atoms with E-state index in [1.54, 1.807) is 0 Å². The largest absolute Gasteiger partial charge is 0.375 e. The van der Waals surface area contributed by atoms with Crippen LogP contribution in [0.25, 0.3) is 0 Å². The van der Waals surface area contributed by atoms with Crippen LogP contribution in [0.2, 0.25) is 0 Å². The predicted molar refractivity (Wildman–Crippen MR) is 120 cm³/mol. The van der Waals surface area contributed by atoms with E-state index < -0.39 is 0 Å². The Morgan fingerprint density at radius 2 is 1.77 bits per heavy atom. The lowest BCUT2D eigenvalue weighted by atomic mass is 9.76. The van der Waals surface area contributed by atoms with Crippen LogP contribution in [0.1, 0.15) is 78.1 Å². The van der Waals surface area contributed by atoms with Gasteiger partial charge in [0.2, 0.25) is 0 Å². The van der Waals surface area contributed by atoms with E-state index in [1.165, 1.54) is 38.5 Å². The van der Waals surface area contributed by atoms with Gasteiger partial charge in [0.05, 0.1) is 25.0 Å². The van der Waals surface area contributed by atoms with Crippen LogP contribution in [0.4, 0.5) is 0 Å². The van der Waals surface area contributed by atoms with Crippen LogP contribution in [-0.4, -0.2) is 73.6 Å². The van der Waals surface area contributed by atoms with Gasteiger partial charge < -0.3 is 19.5 Å². The van der Waals surface area contributed by atoms with Gasteiger partial charge in [-0.25, -0.2) is 10.4 Å². The lowest BCUT2D eigenvalue weighted by Crippen LogP contribution is -2.58. The molecule has 4 saturated heterocycles. The zero-order chi connectivity index (χ0) is 21.2. The second-order valence-corrected chi connectivity index (χ2v) is 10.6. The molecule has 5 rings (SSSR count). The Balaban J connectivity index is 1.36. The Kier molecular flexibility index (Phi) is 7.50. The first kappa shape index (κ1) is 22.5. The smallest absolute Gasteiger partial charge is 0.123 e. The van der Waals surface area contributed by atoms with Crippen LogP contribution in [-0.2, 0) is 14.2 Å². The van der Waals surface area contributed by atoms with Crippen molar-refractivity contribution in [1.82, 2.24) is 21.1 Å². The second-order valence-electron chi connectivity index (χ2n) is 10.6. The zero-order valence-electron chi connectivity index (χ0n) is 19.6. The highest BCUT2D eigenvalue weighted by atomic mass is 16.5. The summed E-state index contributed by atoms with van der Waals surface area (Å²) in [7, 11) is 0. The summed E-state index contributed by atoms with van der Waals surface area (Å²) < 4.78 is 18.9. The number of hydrogen-bond acceptors (Lipinski definition) is 7. The Morgan fingerprint density at radius 3 is 2.65 bits per heavy atom. The minimum atomic E-state index is 0.225. The molecule has 7 nitrogen and oxygen atoms in total. The molecule has 5 aliphatic rings. The summed E-state index contributed by atoms with van der Waals surface area (Å²) in [6.45, 7) is 6.94. The molecule has 5 fully saturated rings. The number of piperidine rings is 1. The summed E-state index contributed by atoms with van der Waals surface area (Å²) in [5, 5.41) is 10.00. The number of nitrogens with zero attached hydrogens (tertiary/aromatic N) is 1. The van der Waals surface area contributed by atoms with Crippen molar-refractivity contribution >= 4 is 0 Å². The topological polar surface area (TPSA) is 67.0 Å². The van der Waals surface area contributed by atoms with E-state index >= 15 is 0 Å². The summed E-state index contributed by atoms with van der Waals surface area (Å²) in [6.07, 6.45) is 13.1. The highest BCUT2D eigenvalue weighted by Gasteiger charge is 2.51. The molecule has 4 aliphatic heterocycles. The molecule has 7 heteroatoms. The number of fused-ring (bicyclic) bond motifs is 4. The van der Waals surface area contributed by atoms with Crippen LogP contribution < -0.4 is 16.1 Å². The molecule has 31 heavy (non-hydrogen) atoms. The third-order valence-electron chi connectivity index (χ3n) is 8.46. The molecule has 3 N–H and O–H groups in total. The number of nitrogens with one attached hydrogen (secondary N) is 3. The molecule has 0 radical (unpaired) electrons. The van der Waals surface area contributed by atoms with E-state index in [1.807, 2.05) is 0 Å². The maximum absolute atomic E-state index is 6.55. The third-order valence-corrected chi connectivity index (χ3v) is 8.46. The van der Waals surface area contributed by atoms with Crippen molar-refractivity contribution in [3.63, 3.8) is 0 Å². The van der Waals surface area contributed by atoms with Crippen molar-refractivity contribution in [3.8, 4) is 0 Å². The van der Waals surface area contributed by atoms with Crippen LogP contribution in [0.5, 0.6) is 0 Å². The van der Waals surface area contributed by atoms with Gasteiger partial charge in [0, 0.05) is 30.8 Å². The van der Waals surface area contributed by atoms with Gasteiger partial charge in [-0.3, -0.25) is 5.32 Å². The minimum Gasteiger partial charge on any atom is -0.375 e. The van der Waals surface area contributed by atoms with Crippen molar-refractivity contribution in [1.29, 1.82) is 0 Å². The minimum absolute atomic E-state index is 0.225. The first-order chi connectivity index (χ1) is 15.2. The average Bonchev–Trinajstić information content (AvgIpc) is 3.18. The molecule has 1 saturated carbocycles. The summed E-state index contributed by atoms with van der Waals surface area (Å²) in [5.74, 6) is 0.618. The molecular formula is C24H44N4O3. The average molecular weight is 437 g/mol. The molecule has 4 bridgehead atoms.